The lowest BCUT2D eigenvalue weighted by Crippen LogP contribution is -2.18. The quantitative estimate of drug-likeness (QED) is 0.355. The average molecular weight is 373 g/mol. The Bertz CT molecular complexity index is 708. The summed E-state index contributed by atoms with van der Waals surface area (Å²) in [4.78, 5) is 27.8. The summed E-state index contributed by atoms with van der Waals surface area (Å²) >= 11 is 12.1. The predicted molar refractivity (Wildman–Crippen MR) is 94.6 cm³/mol. The summed E-state index contributed by atoms with van der Waals surface area (Å²) in [5.74, 6) is -1.43. The molecule has 0 spiro atoms. The zero-order chi connectivity index (χ0) is 18.4. The third-order valence-electron chi connectivity index (χ3n) is 2.81. The second-order valence-electron chi connectivity index (χ2n) is 5.05. The van der Waals surface area contributed by atoms with Gasteiger partial charge in [-0.3, -0.25) is 9.79 Å². The highest BCUT2D eigenvalue weighted by Gasteiger charge is 2.18. The third-order valence-corrected chi connectivity index (χ3v) is 3.51. The molecule has 0 heterocycles. The van der Waals surface area contributed by atoms with E-state index in [1.807, 2.05) is 0 Å². The Morgan fingerprint density at radius 3 is 2.46 bits per heavy atom. The first-order valence-corrected chi connectivity index (χ1v) is 7.79. The molecule has 1 aromatic carbocycles. The van der Waals surface area contributed by atoms with E-state index in [1.165, 1.54) is 26.1 Å². The highest BCUT2D eigenvalue weighted by atomic mass is 35.5. The molecule has 1 amide bonds. The van der Waals surface area contributed by atoms with Gasteiger partial charge in [-0.05, 0) is 32.9 Å². The maximum atomic E-state index is 11.9. The number of aliphatic hydroxyl groups excluding tert-OH is 1. The normalized spacial score (nSPS) is 12.3. The average Bonchev–Trinajstić information content (AvgIpc) is 2.48. The van der Waals surface area contributed by atoms with E-state index in [2.05, 4.69) is 10.3 Å². The van der Waals surface area contributed by atoms with Crippen LogP contribution in [0.3, 0.4) is 0 Å². The summed E-state index contributed by atoms with van der Waals surface area (Å²) < 4.78 is 5.02. The molecule has 0 unspecified atom stereocenters. The number of rotatable bonds is 5. The van der Waals surface area contributed by atoms with Gasteiger partial charge >= 0.3 is 5.97 Å². The van der Waals surface area contributed by atoms with E-state index in [0.717, 1.165) is 6.21 Å². The van der Waals surface area contributed by atoms with Crippen LogP contribution in [0.5, 0.6) is 0 Å². The van der Waals surface area contributed by atoms with Crippen molar-refractivity contribution in [2.24, 2.45) is 4.99 Å². The van der Waals surface area contributed by atoms with Gasteiger partial charge in [0.05, 0.1) is 27.4 Å². The van der Waals surface area contributed by atoms with Crippen LogP contribution in [0.2, 0.25) is 10.0 Å². The van der Waals surface area contributed by atoms with Gasteiger partial charge in [0, 0.05) is 13.3 Å². The molecule has 0 saturated heterocycles. The van der Waals surface area contributed by atoms with Gasteiger partial charge in [0.2, 0.25) is 0 Å². The van der Waals surface area contributed by atoms with Gasteiger partial charge in [-0.25, -0.2) is 4.79 Å². The van der Waals surface area contributed by atoms with Crippen LogP contribution in [0.25, 0.3) is 0 Å². The number of hydrogen-bond donors (Lipinski definition) is 2. The topological polar surface area (TPSA) is 88.0 Å². The van der Waals surface area contributed by atoms with Crippen LogP contribution in [-0.2, 0) is 9.53 Å². The summed E-state index contributed by atoms with van der Waals surface area (Å²) in [6.07, 6.45) is 0.780. The van der Waals surface area contributed by atoms with Crippen molar-refractivity contribution >= 4 is 47.0 Å². The maximum absolute atomic E-state index is 11.9. The fraction of sp³-hybridized carbons (Fsp3) is 0.312. The van der Waals surface area contributed by atoms with Gasteiger partial charge in [0.15, 0.2) is 0 Å². The molecule has 0 aliphatic heterocycles. The summed E-state index contributed by atoms with van der Waals surface area (Å²) in [6.45, 7) is 4.71. The number of aliphatic hydroxyl groups is 1. The zero-order valence-electron chi connectivity index (χ0n) is 13.7. The monoisotopic (exact) mass is 372 g/mol. The highest BCUT2D eigenvalue weighted by molar-refractivity contribution is 6.41. The molecule has 0 saturated carbocycles. The van der Waals surface area contributed by atoms with E-state index < -0.39 is 11.9 Å². The number of nitrogens with zero attached hydrogens (tertiary/aromatic N) is 1. The van der Waals surface area contributed by atoms with Crippen LogP contribution in [0.15, 0.2) is 28.5 Å². The fourth-order valence-electron chi connectivity index (χ4n) is 1.68. The van der Waals surface area contributed by atoms with Crippen LogP contribution in [0.4, 0.5) is 5.69 Å². The van der Waals surface area contributed by atoms with Crippen molar-refractivity contribution in [1.82, 2.24) is 5.32 Å². The third kappa shape index (κ3) is 4.97. The molecule has 8 heteroatoms. The van der Waals surface area contributed by atoms with Crippen molar-refractivity contribution in [1.29, 1.82) is 0 Å². The molecule has 1 rings (SSSR count). The molecule has 0 aromatic heterocycles. The molecular weight excluding hydrogens is 355 g/mol. The van der Waals surface area contributed by atoms with E-state index in [4.69, 9.17) is 27.9 Å². The number of amides is 1. The number of nitrogens with one attached hydrogen (secondary N) is 1. The maximum Gasteiger partial charge on any atom is 0.343 e. The SMILES string of the molecule is CNC(=O)c1c(Cl)ccc(N=CC(C(=O)OC(C)C)=C(C)O)c1Cl. The molecule has 0 fully saturated rings. The van der Waals surface area contributed by atoms with Gasteiger partial charge in [0.1, 0.15) is 11.3 Å². The van der Waals surface area contributed by atoms with E-state index in [-0.39, 0.29) is 38.7 Å². The molecular formula is C16H18Cl2N2O4. The minimum Gasteiger partial charge on any atom is -0.512 e. The Balaban J connectivity index is 3.24. The van der Waals surface area contributed by atoms with Crippen LogP contribution < -0.4 is 5.32 Å². The molecule has 0 atom stereocenters. The Kier molecular flexibility index (Phi) is 7.25. The molecule has 130 valence electrons. The minimum absolute atomic E-state index is 0.0327. The van der Waals surface area contributed by atoms with Crippen molar-refractivity contribution < 1.29 is 19.4 Å². The lowest BCUT2D eigenvalue weighted by atomic mass is 10.2. The number of benzene rings is 1. The summed E-state index contributed by atoms with van der Waals surface area (Å²) in [5.41, 5.74) is 0.179. The van der Waals surface area contributed by atoms with E-state index in [0.29, 0.717) is 0 Å². The van der Waals surface area contributed by atoms with Gasteiger partial charge in [-0.1, -0.05) is 23.2 Å². The number of aliphatic imine (C=N–C) groups is 1. The number of hydrogen-bond acceptors (Lipinski definition) is 5. The molecule has 0 bridgehead atoms. The van der Waals surface area contributed by atoms with Crippen molar-refractivity contribution in [3.63, 3.8) is 0 Å². The largest absolute Gasteiger partial charge is 0.512 e. The van der Waals surface area contributed by atoms with Crippen LogP contribution in [0.1, 0.15) is 31.1 Å². The van der Waals surface area contributed by atoms with Crippen LogP contribution in [-0.4, -0.2) is 36.3 Å². The van der Waals surface area contributed by atoms with E-state index in [1.54, 1.807) is 13.8 Å². The second-order valence-corrected chi connectivity index (χ2v) is 5.83. The number of halogens is 2. The minimum atomic E-state index is -0.717. The van der Waals surface area contributed by atoms with Crippen LogP contribution in [0, 0.1) is 0 Å². The van der Waals surface area contributed by atoms with E-state index >= 15 is 0 Å². The molecule has 0 aliphatic carbocycles. The molecule has 2 N–H and O–H groups in total. The second kappa shape index (κ2) is 8.70. The van der Waals surface area contributed by atoms with Crippen LogP contribution >= 0.6 is 23.2 Å². The first kappa shape index (κ1) is 20.0. The summed E-state index contributed by atoms with van der Waals surface area (Å²) in [6, 6.07) is 2.96. The smallest absolute Gasteiger partial charge is 0.343 e. The summed E-state index contributed by atoms with van der Waals surface area (Å²) in [7, 11) is 1.45. The number of carbonyl (C=O) groups excluding carboxylic acids is 2. The van der Waals surface area contributed by atoms with Gasteiger partial charge in [-0.2, -0.15) is 0 Å². The Hall–Kier alpha value is -2.05. The number of allylic oxidation sites excluding steroid dienone is 1. The van der Waals surface area contributed by atoms with E-state index in [9.17, 15) is 14.7 Å². The standard InChI is InChI=1S/C16H18Cl2N2O4/c1-8(2)24-16(23)10(9(3)21)7-20-12-6-5-11(17)13(14(12)18)15(22)19-4/h5-8,21H,1-4H3,(H,19,22). The highest BCUT2D eigenvalue weighted by Crippen LogP contribution is 2.33. The Labute approximate surface area is 150 Å². The Morgan fingerprint density at radius 1 is 1.33 bits per heavy atom. The predicted octanol–water partition coefficient (Wildman–Crippen LogP) is 3.84. The molecule has 6 nitrogen and oxygen atoms in total. The van der Waals surface area contributed by atoms with Crippen molar-refractivity contribution in [2.75, 3.05) is 7.05 Å². The first-order chi connectivity index (χ1) is 11.2. The number of esters is 1. The summed E-state index contributed by atoms with van der Waals surface area (Å²) in [5, 5.41) is 12.3. The van der Waals surface area contributed by atoms with Gasteiger partial charge < -0.3 is 15.2 Å². The first-order valence-electron chi connectivity index (χ1n) is 7.04. The van der Waals surface area contributed by atoms with Crippen molar-refractivity contribution in [3.05, 3.63) is 39.1 Å². The fourth-order valence-corrected chi connectivity index (χ4v) is 2.27. The van der Waals surface area contributed by atoms with Crippen molar-refractivity contribution in [2.45, 2.75) is 26.9 Å². The molecule has 0 aliphatic rings. The molecule has 24 heavy (non-hydrogen) atoms. The van der Waals surface area contributed by atoms with Gasteiger partial charge in [0.25, 0.3) is 5.91 Å². The lowest BCUT2D eigenvalue weighted by Gasteiger charge is -2.10. The van der Waals surface area contributed by atoms with Crippen molar-refractivity contribution in [3.8, 4) is 0 Å². The van der Waals surface area contributed by atoms with Gasteiger partial charge in [-0.15, -0.1) is 0 Å². The zero-order valence-corrected chi connectivity index (χ0v) is 15.2. The Morgan fingerprint density at radius 2 is 1.96 bits per heavy atom. The molecule has 1 aromatic rings. The lowest BCUT2D eigenvalue weighted by molar-refractivity contribution is -0.142. The number of ether oxygens (including phenoxy) is 1. The molecule has 0 radical (unpaired) electrons. The number of carbonyl (C=O) groups is 2.